The lowest BCUT2D eigenvalue weighted by Crippen LogP contribution is -2.33. The van der Waals surface area contributed by atoms with Gasteiger partial charge in [0.1, 0.15) is 0 Å². The van der Waals surface area contributed by atoms with Crippen molar-refractivity contribution in [1.82, 2.24) is 5.32 Å². The normalized spacial score (nSPS) is 10.7. The van der Waals surface area contributed by atoms with Crippen molar-refractivity contribution in [1.29, 1.82) is 0 Å². The van der Waals surface area contributed by atoms with Crippen molar-refractivity contribution in [2.45, 2.75) is 19.3 Å². The summed E-state index contributed by atoms with van der Waals surface area (Å²) in [6.07, 6.45) is 2.52. The van der Waals surface area contributed by atoms with Crippen LogP contribution in [0.3, 0.4) is 0 Å². The molecule has 0 spiro atoms. The minimum absolute atomic E-state index is 0.0741. The number of aryl methyl sites for hydroxylation is 1. The fraction of sp³-hybridized carbons (Fsp3) is 0.296. The van der Waals surface area contributed by atoms with Gasteiger partial charge in [-0.15, -0.1) is 0 Å². The molecule has 0 bridgehead atoms. The SMILES string of the molecule is COc1ccc(CCCNCCCN(C(=O)c2ccc([N+](=O)[O-])cc2)c2ccc(Cl)c(Cl)c2)cc1OC. The summed E-state index contributed by atoms with van der Waals surface area (Å²) in [5, 5.41) is 15.1. The average Bonchev–Trinajstić information content (AvgIpc) is 2.91. The molecule has 0 heterocycles. The number of benzene rings is 3. The van der Waals surface area contributed by atoms with E-state index in [2.05, 4.69) is 5.32 Å². The lowest BCUT2D eigenvalue weighted by atomic mass is 10.1. The first-order valence-corrected chi connectivity index (χ1v) is 12.5. The molecule has 196 valence electrons. The average molecular weight is 546 g/mol. The Hall–Kier alpha value is -3.33. The number of halogens is 2. The molecule has 0 aliphatic rings. The molecule has 1 amide bonds. The number of methoxy groups -OCH3 is 2. The van der Waals surface area contributed by atoms with E-state index in [0.29, 0.717) is 52.3 Å². The maximum absolute atomic E-state index is 13.3. The standard InChI is InChI=1S/C27H29Cl2N3O5/c1-36-25-13-6-19(17-26(25)37-2)5-3-14-30-15-4-16-31(22-11-12-23(28)24(29)18-22)27(33)20-7-9-21(10-8-20)32(34)35/h6-13,17-18,30H,3-5,14-16H2,1-2H3. The Kier molecular flexibility index (Phi) is 10.6. The fourth-order valence-corrected chi connectivity index (χ4v) is 4.12. The number of amides is 1. The van der Waals surface area contributed by atoms with Crippen molar-refractivity contribution in [3.63, 3.8) is 0 Å². The van der Waals surface area contributed by atoms with Crippen LogP contribution in [0.15, 0.2) is 60.7 Å². The monoisotopic (exact) mass is 545 g/mol. The van der Waals surface area contributed by atoms with E-state index < -0.39 is 4.92 Å². The van der Waals surface area contributed by atoms with Gasteiger partial charge in [0, 0.05) is 29.9 Å². The van der Waals surface area contributed by atoms with Gasteiger partial charge < -0.3 is 19.7 Å². The van der Waals surface area contributed by atoms with Crippen LogP contribution in [0.5, 0.6) is 11.5 Å². The molecule has 1 N–H and O–H groups in total. The number of nitro benzene ring substituents is 1. The van der Waals surface area contributed by atoms with Gasteiger partial charge in [-0.05, 0) is 80.4 Å². The van der Waals surface area contributed by atoms with E-state index in [1.54, 1.807) is 37.3 Å². The third-order valence-corrected chi connectivity index (χ3v) is 6.53. The number of rotatable bonds is 13. The molecule has 3 rings (SSSR count). The molecule has 0 unspecified atom stereocenters. The van der Waals surface area contributed by atoms with E-state index in [9.17, 15) is 14.9 Å². The quantitative estimate of drug-likeness (QED) is 0.156. The Morgan fingerprint density at radius 3 is 2.27 bits per heavy atom. The summed E-state index contributed by atoms with van der Waals surface area (Å²) in [6, 6.07) is 16.5. The molecule has 0 aliphatic carbocycles. The Balaban J connectivity index is 1.56. The Labute approximate surface area is 226 Å². The van der Waals surface area contributed by atoms with E-state index in [4.69, 9.17) is 32.7 Å². The first-order chi connectivity index (χ1) is 17.8. The van der Waals surface area contributed by atoms with E-state index in [-0.39, 0.29) is 11.6 Å². The molecule has 0 radical (unpaired) electrons. The van der Waals surface area contributed by atoms with Crippen molar-refractivity contribution in [2.75, 3.05) is 38.8 Å². The predicted octanol–water partition coefficient (Wildman–Crippen LogP) is 6.18. The van der Waals surface area contributed by atoms with Crippen molar-refractivity contribution in [3.05, 3.63) is 92.0 Å². The summed E-state index contributed by atoms with van der Waals surface area (Å²) in [6.45, 7) is 1.95. The molecule has 3 aromatic rings. The maximum Gasteiger partial charge on any atom is 0.269 e. The Bertz CT molecular complexity index is 1220. The van der Waals surface area contributed by atoms with Crippen molar-refractivity contribution in [2.24, 2.45) is 0 Å². The van der Waals surface area contributed by atoms with Gasteiger partial charge in [-0.25, -0.2) is 0 Å². The van der Waals surface area contributed by atoms with Crippen LogP contribution in [0.25, 0.3) is 0 Å². The molecular formula is C27H29Cl2N3O5. The van der Waals surface area contributed by atoms with Gasteiger partial charge in [0.2, 0.25) is 0 Å². The summed E-state index contributed by atoms with van der Waals surface area (Å²) in [5.74, 6) is 1.15. The molecule has 8 nitrogen and oxygen atoms in total. The van der Waals surface area contributed by atoms with E-state index >= 15 is 0 Å². The molecule has 0 aromatic heterocycles. The second kappa shape index (κ2) is 13.8. The zero-order chi connectivity index (χ0) is 26.8. The third kappa shape index (κ3) is 7.82. The first kappa shape index (κ1) is 28.2. The number of nitrogens with one attached hydrogen (secondary N) is 1. The van der Waals surface area contributed by atoms with Crippen molar-refractivity contribution >= 4 is 40.5 Å². The van der Waals surface area contributed by atoms with Crippen LogP contribution in [-0.2, 0) is 6.42 Å². The van der Waals surface area contributed by atoms with E-state index in [1.807, 2.05) is 18.2 Å². The molecule has 3 aromatic carbocycles. The largest absolute Gasteiger partial charge is 0.493 e. The Morgan fingerprint density at radius 1 is 0.919 bits per heavy atom. The lowest BCUT2D eigenvalue weighted by molar-refractivity contribution is -0.384. The number of carbonyl (C=O) groups is 1. The second-order valence-electron chi connectivity index (χ2n) is 8.26. The molecule has 0 fully saturated rings. The van der Waals surface area contributed by atoms with Crippen molar-refractivity contribution in [3.8, 4) is 11.5 Å². The summed E-state index contributed by atoms with van der Waals surface area (Å²) in [4.78, 5) is 25.3. The highest BCUT2D eigenvalue weighted by molar-refractivity contribution is 6.42. The molecule has 0 aliphatic heterocycles. The van der Waals surface area contributed by atoms with Crippen LogP contribution >= 0.6 is 23.2 Å². The van der Waals surface area contributed by atoms with Gasteiger partial charge in [0.15, 0.2) is 11.5 Å². The number of nitrogens with zero attached hydrogens (tertiary/aromatic N) is 2. The van der Waals surface area contributed by atoms with Gasteiger partial charge in [-0.2, -0.15) is 0 Å². The molecule has 37 heavy (non-hydrogen) atoms. The summed E-state index contributed by atoms with van der Waals surface area (Å²) in [7, 11) is 3.24. The number of non-ortho nitro benzene ring substituents is 1. The van der Waals surface area contributed by atoms with Crippen LogP contribution in [0, 0.1) is 10.1 Å². The smallest absolute Gasteiger partial charge is 0.269 e. The van der Waals surface area contributed by atoms with Crippen LogP contribution in [-0.4, -0.2) is 44.7 Å². The maximum atomic E-state index is 13.3. The third-order valence-electron chi connectivity index (χ3n) is 5.79. The minimum atomic E-state index is -0.498. The lowest BCUT2D eigenvalue weighted by Gasteiger charge is -2.23. The first-order valence-electron chi connectivity index (χ1n) is 11.8. The molecular weight excluding hydrogens is 517 g/mol. The van der Waals surface area contributed by atoms with E-state index in [0.717, 1.165) is 19.4 Å². The van der Waals surface area contributed by atoms with Gasteiger partial charge in [0.25, 0.3) is 11.6 Å². The zero-order valence-corrected chi connectivity index (χ0v) is 22.2. The number of hydrogen-bond donors (Lipinski definition) is 1. The number of hydrogen-bond acceptors (Lipinski definition) is 6. The molecule has 0 saturated heterocycles. The zero-order valence-electron chi connectivity index (χ0n) is 20.7. The van der Waals surface area contributed by atoms with Gasteiger partial charge in [0.05, 0.1) is 29.2 Å². The van der Waals surface area contributed by atoms with Crippen LogP contribution in [0.2, 0.25) is 10.0 Å². The summed E-state index contributed by atoms with van der Waals surface area (Å²) >= 11 is 12.3. The fourth-order valence-electron chi connectivity index (χ4n) is 3.82. The summed E-state index contributed by atoms with van der Waals surface area (Å²) in [5.41, 5.74) is 2.04. The van der Waals surface area contributed by atoms with Crippen LogP contribution < -0.4 is 19.7 Å². The van der Waals surface area contributed by atoms with Gasteiger partial charge in [-0.1, -0.05) is 29.3 Å². The van der Waals surface area contributed by atoms with E-state index in [1.165, 1.54) is 29.8 Å². The highest BCUT2D eigenvalue weighted by Crippen LogP contribution is 2.29. The number of anilines is 1. The van der Waals surface area contributed by atoms with Gasteiger partial charge in [-0.3, -0.25) is 14.9 Å². The highest BCUT2D eigenvalue weighted by atomic mass is 35.5. The van der Waals surface area contributed by atoms with Gasteiger partial charge >= 0.3 is 0 Å². The molecule has 0 saturated carbocycles. The highest BCUT2D eigenvalue weighted by Gasteiger charge is 2.19. The predicted molar refractivity (Wildman–Crippen MR) is 147 cm³/mol. The number of carbonyl (C=O) groups excluding carboxylic acids is 1. The second-order valence-corrected chi connectivity index (χ2v) is 9.07. The topological polar surface area (TPSA) is 93.9 Å². The number of nitro groups is 1. The minimum Gasteiger partial charge on any atom is -0.493 e. The molecule has 10 heteroatoms. The van der Waals surface area contributed by atoms with Crippen LogP contribution in [0.1, 0.15) is 28.8 Å². The Morgan fingerprint density at radius 2 is 1.62 bits per heavy atom. The number of ether oxygens (including phenoxy) is 2. The van der Waals surface area contributed by atoms with Crippen LogP contribution in [0.4, 0.5) is 11.4 Å². The summed E-state index contributed by atoms with van der Waals surface area (Å²) < 4.78 is 10.6. The molecule has 0 atom stereocenters. The van der Waals surface area contributed by atoms with Crippen molar-refractivity contribution < 1.29 is 19.2 Å².